The van der Waals surface area contributed by atoms with E-state index in [9.17, 15) is 4.39 Å². The molecule has 5 heteroatoms. The van der Waals surface area contributed by atoms with Gasteiger partial charge in [0.05, 0.1) is 17.3 Å². The van der Waals surface area contributed by atoms with Gasteiger partial charge in [0, 0.05) is 7.11 Å². The summed E-state index contributed by atoms with van der Waals surface area (Å²) in [7, 11) is 0.921. The molecule has 1 aliphatic heterocycles. The van der Waals surface area contributed by atoms with Gasteiger partial charge in [-0.05, 0) is 70.8 Å². The molecule has 1 heterocycles. The zero-order valence-electron chi connectivity index (χ0n) is 13.7. The third kappa shape index (κ3) is 2.38. The molecule has 118 valence electrons. The first kappa shape index (κ1) is 15.5. The quantitative estimate of drug-likeness (QED) is 0.728. The summed E-state index contributed by atoms with van der Waals surface area (Å²) in [4.78, 5) is 0. The molecule has 2 aliphatic carbocycles. The maximum absolute atomic E-state index is 15.0. The highest BCUT2D eigenvalue weighted by molar-refractivity contribution is 6.53. The second kappa shape index (κ2) is 5.07. The largest absolute Gasteiger partial charge is 0.525 e. The first-order valence-corrected chi connectivity index (χ1v) is 8.03. The predicted molar refractivity (Wildman–Crippen MR) is 80.5 cm³/mol. The van der Waals surface area contributed by atoms with E-state index in [0.29, 0.717) is 17.9 Å². The molecule has 3 fully saturated rings. The Hall–Kier alpha value is -0.385. The minimum atomic E-state index is -0.842. The summed E-state index contributed by atoms with van der Waals surface area (Å²) in [5.41, 5.74) is -0.243. The lowest BCUT2D eigenvalue weighted by Gasteiger charge is -2.47. The summed E-state index contributed by atoms with van der Waals surface area (Å²) < 4.78 is 32.2. The molecule has 0 aromatic rings. The van der Waals surface area contributed by atoms with E-state index in [2.05, 4.69) is 0 Å². The molecule has 0 N–H and O–H groups in total. The molecule has 1 saturated heterocycles. The molecule has 0 amide bonds. The van der Waals surface area contributed by atoms with Crippen LogP contribution in [-0.2, 0) is 14.0 Å². The lowest BCUT2D eigenvalue weighted by molar-refractivity contribution is -0.0293. The van der Waals surface area contributed by atoms with E-state index in [4.69, 9.17) is 14.0 Å². The Morgan fingerprint density at radius 1 is 1.14 bits per heavy atom. The topological polar surface area (TPSA) is 27.7 Å². The van der Waals surface area contributed by atoms with Crippen molar-refractivity contribution in [3.8, 4) is 0 Å². The number of rotatable bonds is 2. The van der Waals surface area contributed by atoms with E-state index in [1.54, 1.807) is 7.11 Å². The zero-order valence-corrected chi connectivity index (χ0v) is 13.7. The number of allylic oxidation sites excluding steroid dienone is 1. The van der Waals surface area contributed by atoms with E-state index in [1.807, 2.05) is 27.7 Å². The number of hydrogen-bond acceptors (Lipinski definition) is 3. The highest BCUT2D eigenvalue weighted by atomic mass is 19.1. The van der Waals surface area contributed by atoms with Crippen molar-refractivity contribution in [1.29, 1.82) is 0 Å². The zero-order chi connectivity index (χ0) is 15.4. The highest BCUT2D eigenvalue weighted by Gasteiger charge is 2.55. The van der Waals surface area contributed by atoms with Gasteiger partial charge >= 0.3 is 7.12 Å². The van der Waals surface area contributed by atoms with Gasteiger partial charge in [-0.3, -0.25) is 0 Å². The number of halogens is 1. The average Bonchev–Trinajstić information content (AvgIpc) is 2.58. The predicted octanol–water partition coefficient (Wildman–Crippen LogP) is 3.68. The second-order valence-electron chi connectivity index (χ2n) is 7.62. The lowest BCUT2D eigenvalue weighted by atomic mass is 9.60. The number of methoxy groups -OCH3 is 1. The van der Waals surface area contributed by atoms with Crippen LogP contribution in [0.2, 0.25) is 0 Å². The molecule has 0 spiro atoms. The molecular weight excluding hydrogens is 270 g/mol. The molecule has 3 rings (SSSR count). The van der Waals surface area contributed by atoms with Crippen LogP contribution in [-0.4, -0.2) is 31.5 Å². The molecule has 3 atom stereocenters. The summed E-state index contributed by atoms with van der Waals surface area (Å²) in [6.07, 6.45) is 4.16. The Labute approximate surface area is 127 Å². The van der Waals surface area contributed by atoms with Gasteiger partial charge in [-0.2, -0.15) is 0 Å². The maximum atomic E-state index is 15.0. The van der Waals surface area contributed by atoms with E-state index in [-0.39, 0.29) is 5.73 Å². The maximum Gasteiger partial charge on any atom is 0.525 e. The summed E-state index contributed by atoms with van der Waals surface area (Å²) >= 11 is 0. The van der Waals surface area contributed by atoms with Crippen molar-refractivity contribution >= 4 is 7.12 Å². The molecular formula is C16H26BFO3. The Morgan fingerprint density at radius 2 is 1.76 bits per heavy atom. The Balaban J connectivity index is 1.81. The second-order valence-corrected chi connectivity index (χ2v) is 7.62. The Morgan fingerprint density at radius 3 is 2.24 bits per heavy atom. The van der Waals surface area contributed by atoms with Gasteiger partial charge in [0.2, 0.25) is 0 Å². The minimum Gasteiger partial charge on any atom is -0.398 e. The van der Waals surface area contributed by atoms with Crippen LogP contribution in [0.15, 0.2) is 11.3 Å². The van der Waals surface area contributed by atoms with Gasteiger partial charge in [-0.15, -0.1) is 0 Å². The molecule has 0 aromatic heterocycles. The van der Waals surface area contributed by atoms with Gasteiger partial charge in [-0.25, -0.2) is 4.39 Å². The van der Waals surface area contributed by atoms with E-state index in [1.165, 1.54) is 0 Å². The van der Waals surface area contributed by atoms with Gasteiger partial charge < -0.3 is 14.0 Å². The third-order valence-electron chi connectivity index (χ3n) is 6.02. The van der Waals surface area contributed by atoms with Crippen LogP contribution in [0.25, 0.3) is 0 Å². The van der Waals surface area contributed by atoms with Crippen LogP contribution in [0.4, 0.5) is 4.39 Å². The van der Waals surface area contributed by atoms with Crippen molar-refractivity contribution in [2.24, 2.45) is 11.8 Å². The summed E-state index contributed by atoms with van der Waals surface area (Å²) in [6, 6.07) is 0. The SMILES string of the molecule is COC1CCC(=C(F)B2OC(C)(C)C(C)(C)O2)C2CCC12. The Kier molecular flexibility index (Phi) is 3.74. The lowest BCUT2D eigenvalue weighted by Crippen LogP contribution is -2.43. The van der Waals surface area contributed by atoms with Crippen molar-refractivity contribution in [3.63, 3.8) is 0 Å². The number of fused-ring (bicyclic) bond motifs is 1. The van der Waals surface area contributed by atoms with Crippen LogP contribution >= 0.6 is 0 Å². The number of hydrogen-bond donors (Lipinski definition) is 0. The van der Waals surface area contributed by atoms with Crippen molar-refractivity contribution in [1.82, 2.24) is 0 Å². The normalized spacial score (nSPS) is 39.7. The van der Waals surface area contributed by atoms with Crippen LogP contribution in [0.3, 0.4) is 0 Å². The summed E-state index contributed by atoms with van der Waals surface area (Å²) in [5.74, 6) is 0.801. The van der Waals surface area contributed by atoms with E-state index < -0.39 is 18.3 Å². The molecule has 2 saturated carbocycles. The van der Waals surface area contributed by atoms with Crippen molar-refractivity contribution in [2.45, 2.75) is 70.7 Å². The van der Waals surface area contributed by atoms with Crippen molar-refractivity contribution < 1.29 is 18.4 Å². The number of ether oxygens (including phenoxy) is 1. The van der Waals surface area contributed by atoms with Gasteiger partial charge in [0.25, 0.3) is 0 Å². The molecule has 0 radical (unpaired) electrons. The van der Waals surface area contributed by atoms with Gasteiger partial charge in [0.1, 0.15) is 5.73 Å². The Bertz CT molecular complexity index is 444. The molecule has 0 bridgehead atoms. The first-order chi connectivity index (χ1) is 9.77. The third-order valence-corrected chi connectivity index (χ3v) is 6.02. The molecule has 3 nitrogen and oxygen atoms in total. The molecule has 3 unspecified atom stereocenters. The molecule has 3 aliphatic rings. The highest BCUT2D eigenvalue weighted by Crippen LogP contribution is 2.51. The molecule has 0 aromatic carbocycles. The molecule has 21 heavy (non-hydrogen) atoms. The fourth-order valence-electron chi connectivity index (χ4n) is 3.79. The van der Waals surface area contributed by atoms with Crippen LogP contribution in [0, 0.1) is 11.8 Å². The summed E-state index contributed by atoms with van der Waals surface area (Å²) in [6.45, 7) is 7.83. The fourth-order valence-corrected chi connectivity index (χ4v) is 3.79. The van der Waals surface area contributed by atoms with E-state index in [0.717, 1.165) is 31.3 Å². The van der Waals surface area contributed by atoms with Crippen LogP contribution in [0.5, 0.6) is 0 Å². The smallest absolute Gasteiger partial charge is 0.398 e. The first-order valence-electron chi connectivity index (χ1n) is 8.03. The van der Waals surface area contributed by atoms with Crippen molar-refractivity contribution in [3.05, 3.63) is 11.3 Å². The monoisotopic (exact) mass is 296 g/mol. The minimum absolute atomic E-state index is 0.182. The average molecular weight is 296 g/mol. The van der Waals surface area contributed by atoms with Gasteiger partial charge in [0.15, 0.2) is 0 Å². The standard InChI is InChI=1S/C16H26BFO3/c1-15(2)16(3,4)21-17(20-15)14(18)12-8-9-13(19-5)11-7-6-10(11)12/h10-11,13H,6-9H2,1-5H3. The summed E-state index contributed by atoms with van der Waals surface area (Å²) in [5, 5.41) is 0. The fraction of sp³-hybridized carbons (Fsp3) is 0.875. The van der Waals surface area contributed by atoms with Crippen molar-refractivity contribution in [2.75, 3.05) is 7.11 Å². The van der Waals surface area contributed by atoms with Crippen LogP contribution in [0.1, 0.15) is 53.4 Å². The van der Waals surface area contributed by atoms with E-state index >= 15 is 0 Å². The van der Waals surface area contributed by atoms with Crippen LogP contribution < -0.4 is 0 Å². The van der Waals surface area contributed by atoms with Gasteiger partial charge in [-0.1, -0.05) is 0 Å².